The van der Waals surface area contributed by atoms with Gasteiger partial charge in [-0.1, -0.05) is 25.7 Å². The largest absolute Gasteiger partial charge is 0.341 e. The molecule has 2 aliphatic carbocycles. The standard InChI is InChI=1S/C15H26N2O/c1-17-13-9-5-4-7-11(13)10-6-2-3-8-12(10)14(16)15(17)18/h10-14H,2-9,16H2,1H3/t10-,11-,12-,13-,14-/m1/s1. The molecule has 2 N–H and O–H groups in total. The molecule has 0 spiro atoms. The van der Waals surface area contributed by atoms with Crippen molar-refractivity contribution in [1.82, 2.24) is 4.90 Å². The smallest absolute Gasteiger partial charge is 0.239 e. The van der Waals surface area contributed by atoms with E-state index in [0.717, 1.165) is 5.92 Å². The summed E-state index contributed by atoms with van der Waals surface area (Å²) < 4.78 is 0. The lowest BCUT2D eigenvalue weighted by molar-refractivity contribution is -0.134. The van der Waals surface area contributed by atoms with Crippen LogP contribution in [0.25, 0.3) is 0 Å². The van der Waals surface area contributed by atoms with Gasteiger partial charge in [0, 0.05) is 13.1 Å². The Morgan fingerprint density at radius 3 is 2.22 bits per heavy atom. The predicted molar refractivity (Wildman–Crippen MR) is 71.9 cm³/mol. The highest BCUT2D eigenvalue weighted by Gasteiger charge is 2.47. The van der Waals surface area contributed by atoms with Crippen molar-refractivity contribution in [2.24, 2.45) is 23.5 Å². The van der Waals surface area contributed by atoms with E-state index in [2.05, 4.69) is 0 Å². The summed E-state index contributed by atoms with van der Waals surface area (Å²) >= 11 is 0. The lowest BCUT2D eigenvalue weighted by Crippen LogP contribution is -2.48. The first-order valence-electron chi connectivity index (χ1n) is 7.72. The van der Waals surface area contributed by atoms with Gasteiger partial charge >= 0.3 is 0 Å². The van der Waals surface area contributed by atoms with E-state index in [9.17, 15) is 4.79 Å². The van der Waals surface area contributed by atoms with Gasteiger partial charge in [-0.25, -0.2) is 0 Å². The number of amides is 1. The van der Waals surface area contributed by atoms with E-state index in [0.29, 0.717) is 17.9 Å². The molecule has 1 heterocycles. The van der Waals surface area contributed by atoms with Crippen molar-refractivity contribution in [3.63, 3.8) is 0 Å². The molecule has 5 atom stereocenters. The highest BCUT2D eigenvalue weighted by atomic mass is 16.2. The summed E-state index contributed by atoms with van der Waals surface area (Å²) in [5.74, 6) is 2.11. The number of nitrogens with zero attached hydrogens (tertiary/aromatic N) is 1. The Morgan fingerprint density at radius 2 is 1.50 bits per heavy atom. The fraction of sp³-hybridized carbons (Fsp3) is 0.933. The maximum absolute atomic E-state index is 12.5. The molecule has 1 aliphatic heterocycles. The first-order valence-corrected chi connectivity index (χ1v) is 7.72. The monoisotopic (exact) mass is 250 g/mol. The second-order valence-electron chi connectivity index (χ2n) is 6.60. The molecule has 1 amide bonds. The number of hydrogen-bond acceptors (Lipinski definition) is 2. The van der Waals surface area contributed by atoms with Gasteiger partial charge in [-0.2, -0.15) is 0 Å². The van der Waals surface area contributed by atoms with Crippen LogP contribution in [0.3, 0.4) is 0 Å². The zero-order valence-electron chi connectivity index (χ0n) is 11.5. The number of hydrogen-bond donors (Lipinski definition) is 1. The average molecular weight is 250 g/mol. The minimum Gasteiger partial charge on any atom is -0.341 e. The van der Waals surface area contributed by atoms with Gasteiger partial charge in [0.2, 0.25) is 5.91 Å². The first-order chi connectivity index (χ1) is 8.70. The van der Waals surface area contributed by atoms with Crippen LogP contribution >= 0.6 is 0 Å². The van der Waals surface area contributed by atoms with E-state index in [1.165, 1.54) is 51.4 Å². The Kier molecular flexibility index (Phi) is 3.35. The van der Waals surface area contributed by atoms with Crippen molar-refractivity contribution < 1.29 is 4.79 Å². The summed E-state index contributed by atoms with van der Waals surface area (Å²) in [6.07, 6.45) is 10.2. The van der Waals surface area contributed by atoms with Crippen molar-refractivity contribution in [3.05, 3.63) is 0 Å². The third-order valence-corrected chi connectivity index (χ3v) is 5.80. The fourth-order valence-electron chi connectivity index (χ4n) is 4.87. The SMILES string of the molecule is CN1C(=O)[C@H](N)[C@@H]2CCCC[C@@H]2[C@H]2CCCC[C@H]21. The van der Waals surface area contributed by atoms with E-state index in [1.807, 2.05) is 11.9 Å². The summed E-state index contributed by atoms with van der Waals surface area (Å²) in [5.41, 5.74) is 6.29. The Morgan fingerprint density at radius 1 is 0.944 bits per heavy atom. The maximum atomic E-state index is 12.5. The molecule has 3 fully saturated rings. The zero-order valence-corrected chi connectivity index (χ0v) is 11.5. The number of carbonyl (C=O) groups excluding carboxylic acids is 1. The van der Waals surface area contributed by atoms with Crippen molar-refractivity contribution in [2.75, 3.05) is 7.05 Å². The number of carbonyl (C=O) groups is 1. The van der Waals surface area contributed by atoms with Crippen LogP contribution in [0.15, 0.2) is 0 Å². The molecule has 0 unspecified atom stereocenters. The Bertz CT molecular complexity index is 300. The molecular formula is C15H26N2O. The number of likely N-dealkylation sites (tertiary alicyclic amines) is 1. The lowest BCUT2D eigenvalue weighted by atomic mass is 9.65. The van der Waals surface area contributed by atoms with E-state index in [1.54, 1.807) is 0 Å². The molecular weight excluding hydrogens is 224 g/mol. The zero-order chi connectivity index (χ0) is 12.7. The maximum Gasteiger partial charge on any atom is 0.239 e. The molecule has 3 rings (SSSR count). The molecule has 0 aromatic rings. The third kappa shape index (κ3) is 1.87. The van der Waals surface area contributed by atoms with Crippen LogP contribution in [0.2, 0.25) is 0 Å². The third-order valence-electron chi connectivity index (χ3n) is 5.80. The second kappa shape index (κ2) is 4.84. The molecule has 18 heavy (non-hydrogen) atoms. The number of nitrogens with two attached hydrogens (primary N) is 1. The fourth-order valence-corrected chi connectivity index (χ4v) is 4.87. The minimum absolute atomic E-state index is 0.210. The summed E-state index contributed by atoms with van der Waals surface area (Å²) in [4.78, 5) is 14.5. The molecule has 1 saturated heterocycles. The van der Waals surface area contributed by atoms with Crippen LogP contribution in [0.4, 0.5) is 0 Å². The van der Waals surface area contributed by atoms with Crippen LogP contribution in [-0.2, 0) is 4.79 Å². The van der Waals surface area contributed by atoms with Gasteiger partial charge in [0.15, 0.2) is 0 Å². The van der Waals surface area contributed by atoms with Crippen molar-refractivity contribution in [2.45, 2.75) is 63.5 Å². The van der Waals surface area contributed by atoms with Gasteiger partial charge in [-0.3, -0.25) is 4.79 Å². The van der Waals surface area contributed by atoms with Crippen molar-refractivity contribution in [3.8, 4) is 0 Å². The van der Waals surface area contributed by atoms with Gasteiger partial charge < -0.3 is 10.6 Å². The highest BCUT2D eigenvalue weighted by molar-refractivity contribution is 5.82. The molecule has 3 nitrogen and oxygen atoms in total. The summed E-state index contributed by atoms with van der Waals surface area (Å²) in [5, 5.41) is 0. The van der Waals surface area contributed by atoms with Crippen LogP contribution in [0, 0.1) is 17.8 Å². The minimum atomic E-state index is -0.231. The molecule has 0 radical (unpaired) electrons. The number of rotatable bonds is 0. The highest BCUT2D eigenvalue weighted by Crippen LogP contribution is 2.46. The Balaban J connectivity index is 1.93. The van der Waals surface area contributed by atoms with Gasteiger partial charge in [0.1, 0.15) is 0 Å². The number of likely N-dealkylation sites (N-methyl/N-ethyl adjacent to an activating group) is 1. The Labute approximate surface area is 110 Å². The molecule has 102 valence electrons. The van der Waals surface area contributed by atoms with Gasteiger partial charge in [0.25, 0.3) is 0 Å². The normalized spacial score (nSPS) is 45.1. The van der Waals surface area contributed by atoms with E-state index < -0.39 is 0 Å². The van der Waals surface area contributed by atoms with Crippen LogP contribution in [0.5, 0.6) is 0 Å². The second-order valence-corrected chi connectivity index (χ2v) is 6.60. The average Bonchev–Trinajstić information content (AvgIpc) is 2.51. The van der Waals surface area contributed by atoms with E-state index >= 15 is 0 Å². The van der Waals surface area contributed by atoms with Crippen LogP contribution in [0.1, 0.15) is 51.4 Å². The lowest BCUT2D eigenvalue weighted by Gasteiger charge is -2.42. The predicted octanol–water partition coefficient (Wildman–Crippen LogP) is 2.15. The molecule has 0 bridgehead atoms. The molecule has 3 aliphatic rings. The molecule has 0 aromatic heterocycles. The van der Waals surface area contributed by atoms with E-state index in [-0.39, 0.29) is 11.9 Å². The van der Waals surface area contributed by atoms with Crippen molar-refractivity contribution in [1.29, 1.82) is 0 Å². The van der Waals surface area contributed by atoms with Gasteiger partial charge in [-0.05, 0) is 43.4 Å². The molecule has 2 saturated carbocycles. The quantitative estimate of drug-likeness (QED) is 0.716. The molecule has 3 heteroatoms. The molecule has 0 aromatic carbocycles. The summed E-state index contributed by atoms with van der Waals surface area (Å²) in [7, 11) is 1.99. The van der Waals surface area contributed by atoms with Crippen LogP contribution < -0.4 is 5.73 Å². The van der Waals surface area contributed by atoms with Crippen LogP contribution in [-0.4, -0.2) is 29.9 Å². The van der Waals surface area contributed by atoms with Gasteiger partial charge in [0.05, 0.1) is 6.04 Å². The van der Waals surface area contributed by atoms with Gasteiger partial charge in [-0.15, -0.1) is 0 Å². The number of fused-ring (bicyclic) bond motifs is 3. The summed E-state index contributed by atoms with van der Waals surface area (Å²) in [6, 6.07) is 0.247. The van der Waals surface area contributed by atoms with Crippen molar-refractivity contribution >= 4 is 5.91 Å². The first kappa shape index (κ1) is 12.5. The van der Waals surface area contributed by atoms with E-state index in [4.69, 9.17) is 5.73 Å². The Hall–Kier alpha value is -0.570. The topological polar surface area (TPSA) is 46.3 Å². The summed E-state index contributed by atoms with van der Waals surface area (Å²) in [6.45, 7) is 0.